The van der Waals surface area contributed by atoms with E-state index in [1.165, 1.54) is 29.2 Å². The predicted octanol–water partition coefficient (Wildman–Crippen LogP) is 2.05. The van der Waals surface area contributed by atoms with Crippen LogP contribution in [0.1, 0.15) is 5.56 Å². The minimum absolute atomic E-state index is 0.325. The lowest BCUT2D eigenvalue weighted by Crippen LogP contribution is -2.29. The van der Waals surface area contributed by atoms with E-state index in [1.807, 2.05) is 0 Å². The molecule has 78 valence electrons. The van der Waals surface area contributed by atoms with Gasteiger partial charge in [-0.2, -0.15) is 8.78 Å². The Balaban J connectivity index is 2.97. The van der Waals surface area contributed by atoms with Crippen LogP contribution >= 0.6 is 0 Å². The number of para-hydroxylation sites is 1. The van der Waals surface area contributed by atoms with Crippen LogP contribution in [-0.2, 0) is 5.92 Å². The van der Waals surface area contributed by atoms with Crippen molar-refractivity contribution in [3.8, 4) is 5.75 Å². The summed E-state index contributed by atoms with van der Waals surface area (Å²) < 4.78 is 26.9. The molecule has 1 aromatic rings. The van der Waals surface area contributed by atoms with E-state index in [9.17, 15) is 13.9 Å². The van der Waals surface area contributed by atoms with E-state index >= 15 is 0 Å². The van der Waals surface area contributed by atoms with Crippen molar-refractivity contribution in [3.63, 3.8) is 0 Å². The first-order chi connectivity index (χ1) is 6.43. The van der Waals surface area contributed by atoms with E-state index in [0.717, 1.165) is 0 Å². The molecule has 1 rings (SSSR count). The fourth-order valence-electron chi connectivity index (χ4n) is 1.27. The number of halogens is 2. The van der Waals surface area contributed by atoms with Crippen LogP contribution in [0.2, 0.25) is 0 Å². The zero-order valence-electron chi connectivity index (χ0n) is 8.17. The molecule has 0 radical (unpaired) electrons. The van der Waals surface area contributed by atoms with Gasteiger partial charge in [0.15, 0.2) is 0 Å². The van der Waals surface area contributed by atoms with Gasteiger partial charge in [0.1, 0.15) is 5.75 Å². The SMILES string of the molecule is CN(C)CC(F)(F)c1ccccc1O. The number of hydrogen-bond acceptors (Lipinski definition) is 2. The molecule has 4 heteroatoms. The van der Waals surface area contributed by atoms with Gasteiger partial charge < -0.3 is 10.0 Å². The first-order valence-electron chi connectivity index (χ1n) is 4.24. The van der Waals surface area contributed by atoms with Crippen molar-refractivity contribution in [2.45, 2.75) is 5.92 Å². The van der Waals surface area contributed by atoms with Crippen LogP contribution in [-0.4, -0.2) is 30.6 Å². The number of likely N-dealkylation sites (N-methyl/N-ethyl adjacent to an activating group) is 1. The Morgan fingerprint density at radius 2 is 1.86 bits per heavy atom. The summed E-state index contributed by atoms with van der Waals surface area (Å²) in [6.07, 6.45) is 0. The molecule has 0 fully saturated rings. The zero-order valence-corrected chi connectivity index (χ0v) is 8.17. The third-order valence-electron chi connectivity index (χ3n) is 1.81. The van der Waals surface area contributed by atoms with Crippen LogP contribution in [0.4, 0.5) is 8.78 Å². The summed E-state index contributed by atoms with van der Waals surface area (Å²) in [5.41, 5.74) is -0.325. The number of rotatable bonds is 3. The molecule has 2 nitrogen and oxygen atoms in total. The van der Waals surface area contributed by atoms with E-state index in [0.29, 0.717) is 0 Å². The second-order valence-corrected chi connectivity index (χ2v) is 3.46. The quantitative estimate of drug-likeness (QED) is 0.809. The Labute approximate surface area is 81.8 Å². The van der Waals surface area contributed by atoms with E-state index in [1.54, 1.807) is 14.1 Å². The summed E-state index contributed by atoms with van der Waals surface area (Å²) in [6, 6.07) is 5.50. The standard InChI is InChI=1S/C10H13F2NO/c1-13(2)7-10(11,12)8-5-3-4-6-9(8)14/h3-6,14H,7H2,1-2H3. The number of benzene rings is 1. The van der Waals surface area contributed by atoms with E-state index in [2.05, 4.69) is 0 Å². The average Bonchev–Trinajstić information content (AvgIpc) is 2.02. The zero-order chi connectivity index (χ0) is 10.8. The molecule has 1 aromatic carbocycles. The fraction of sp³-hybridized carbons (Fsp3) is 0.400. The molecule has 0 saturated carbocycles. The minimum atomic E-state index is -3.02. The van der Waals surface area contributed by atoms with Crippen molar-refractivity contribution < 1.29 is 13.9 Å². The van der Waals surface area contributed by atoms with E-state index in [-0.39, 0.29) is 11.3 Å². The molecule has 1 N–H and O–H groups in total. The van der Waals surface area contributed by atoms with E-state index in [4.69, 9.17) is 0 Å². The van der Waals surface area contributed by atoms with Gasteiger partial charge in [-0.25, -0.2) is 0 Å². The van der Waals surface area contributed by atoms with Gasteiger partial charge >= 0.3 is 0 Å². The molecule has 0 aliphatic carbocycles. The number of alkyl halides is 2. The van der Waals surface area contributed by atoms with Gasteiger partial charge in [0.05, 0.1) is 12.1 Å². The first kappa shape index (κ1) is 10.9. The molecular formula is C10H13F2NO. The van der Waals surface area contributed by atoms with Crippen LogP contribution in [0.15, 0.2) is 24.3 Å². The van der Waals surface area contributed by atoms with Crippen LogP contribution in [0, 0.1) is 0 Å². The molecule has 0 aliphatic heterocycles. The molecule has 0 saturated heterocycles. The Morgan fingerprint density at radius 1 is 1.29 bits per heavy atom. The predicted molar refractivity (Wildman–Crippen MR) is 50.6 cm³/mol. The van der Waals surface area contributed by atoms with Crippen molar-refractivity contribution in [2.75, 3.05) is 20.6 Å². The maximum Gasteiger partial charge on any atom is 0.289 e. The maximum absolute atomic E-state index is 13.5. The first-order valence-corrected chi connectivity index (χ1v) is 4.24. The average molecular weight is 201 g/mol. The number of hydrogen-bond donors (Lipinski definition) is 1. The molecule has 0 spiro atoms. The molecule has 14 heavy (non-hydrogen) atoms. The van der Waals surface area contributed by atoms with Crippen LogP contribution in [0.5, 0.6) is 5.75 Å². The van der Waals surface area contributed by atoms with Crippen molar-refractivity contribution in [3.05, 3.63) is 29.8 Å². The Kier molecular flexibility index (Phi) is 3.06. The molecular weight excluding hydrogens is 188 g/mol. The summed E-state index contributed by atoms with van der Waals surface area (Å²) >= 11 is 0. The summed E-state index contributed by atoms with van der Waals surface area (Å²) in [7, 11) is 3.13. The Bertz CT molecular complexity index is 313. The molecule has 0 aliphatic rings. The van der Waals surface area contributed by atoms with Crippen LogP contribution < -0.4 is 0 Å². The number of phenols is 1. The second-order valence-electron chi connectivity index (χ2n) is 3.46. The van der Waals surface area contributed by atoms with Gasteiger partial charge in [-0.3, -0.25) is 0 Å². The number of aromatic hydroxyl groups is 1. The van der Waals surface area contributed by atoms with Gasteiger partial charge in [0.25, 0.3) is 5.92 Å². The van der Waals surface area contributed by atoms with Crippen molar-refractivity contribution in [1.82, 2.24) is 4.90 Å². The highest BCUT2D eigenvalue weighted by molar-refractivity contribution is 5.35. The van der Waals surface area contributed by atoms with Crippen molar-refractivity contribution >= 4 is 0 Å². The third kappa shape index (κ3) is 2.42. The molecule has 0 atom stereocenters. The van der Waals surface area contributed by atoms with Crippen molar-refractivity contribution in [1.29, 1.82) is 0 Å². The number of nitrogens with zero attached hydrogens (tertiary/aromatic N) is 1. The lowest BCUT2D eigenvalue weighted by molar-refractivity contribution is -0.0287. The largest absolute Gasteiger partial charge is 0.507 e. The van der Waals surface area contributed by atoms with Gasteiger partial charge in [-0.05, 0) is 26.2 Å². The normalized spacial score (nSPS) is 12.1. The van der Waals surface area contributed by atoms with Gasteiger partial charge in [0.2, 0.25) is 0 Å². The molecule has 0 aromatic heterocycles. The lowest BCUT2D eigenvalue weighted by atomic mass is 10.1. The Morgan fingerprint density at radius 3 is 2.36 bits per heavy atom. The highest BCUT2D eigenvalue weighted by Crippen LogP contribution is 2.34. The minimum Gasteiger partial charge on any atom is -0.507 e. The third-order valence-corrected chi connectivity index (χ3v) is 1.81. The van der Waals surface area contributed by atoms with E-state index < -0.39 is 12.5 Å². The summed E-state index contributed by atoms with van der Waals surface area (Å²) in [4.78, 5) is 1.38. The fourth-order valence-corrected chi connectivity index (χ4v) is 1.27. The van der Waals surface area contributed by atoms with Gasteiger partial charge in [-0.15, -0.1) is 0 Å². The molecule has 0 bridgehead atoms. The summed E-state index contributed by atoms with van der Waals surface area (Å²) in [5, 5.41) is 9.26. The summed E-state index contributed by atoms with van der Waals surface area (Å²) in [6.45, 7) is -0.412. The van der Waals surface area contributed by atoms with Crippen LogP contribution in [0.25, 0.3) is 0 Å². The van der Waals surface area contributed by atoms with Crippen LogP contribution in [0.3, 0.4) is 0 Å². The second kappa shape index (κ2) is 3.92. The maximum atomic E-state index is 13.5. The topological polar surface area (TPSA) is 23.5 Å². The molecule has 0 unspecified atom stereocenters. The van der Waals surface area contributed by atoms with Gasteiger partial charge in [-0.1, -0.05) is 12.1 Å². The lowest BCUT2D eigenvalue weighted by Gasteiger charge is -2.21. The van der Waals surface area contributed by atoms with Crippen molar-refractivity contribution in [2.24, 2.45) is 0 Å². The van der Waals surface area contributed by atoms with Gasteiger partial charge in [0, 0.05) is 0 Å². The highest BCUT2D eigenvalue weighted by Gasteiger charge is 2.34. The monoisotopic (exact) mass is 201 g/mol. The highest BCUT2D eigenvalue weighted by atomic mass is 19.3. The smallest absolute Gasteiger partial charge is 0.289 e. The molecule has 0 heterocycles. The molecule has 0 amide bonds. The number of phenolic OH excluding ortho intramolecular Hbond substituents is 1. The Hall–Kier alpha value is -1.16. The summed E-state index contributed by atoms with van der Waals surface area (Å²) in [5.74, 6) is -3.38.